The maximum absolute atomic E-state index is 13.2. The Kier molecular flexibility index (Phi) is 3.66. The summed E-state index contributed by atoms with van der Waals surface area (Å²) in [6.07, 6.45) is 6.21. The highest BCUT2D eigenvalue weighted by atomic mass is 16.2. The SMILES string of the molecule is C#CCN1C(=O)[C@@H]2[C@H](C1=O)[C@@H](c1ccccc1)N1Cc3ccccc3C[C@H]21. The van der Waals surface area contributed by atoms with E-state index in [1.165, 1.54) is 16.0 Å². The lowest BCUT2D eigenvalue weighted by atomic mass is 9.84. The van der Waals surface area contributed by atoms with Gasteiger partial charge in [-0.1, -0.05) is 60.5 Å². The molecule has 0 radical (unpaired) electrons. The average molecular weight is 356 g/mol. The zero-order chi connectivity index (χ0) is 18.5. The molecule has 27 heavy (non-hydrogen) atoms. The third kappa shape index (κ3) is 2.28. The third-order valence-electron chi connectivity index (χ3n) is 6.32. The van der Waals surface area contributed by atoms with Crippen molar-refractivity contribution in [1.29, 1.82) is 0 Å². The quantitative estimate of drug-likeness (QED) is 0.613. The number of likely N-dealkylation sites (tertiary alicyclic amines) is 1. The molecule has 0 aliphatic carbocycles. The number of carbonyl (C=O) groups excluding carboxylic acids is 2. The van der Waals surface area contributed by atoms with Crippen molar-refractivity contribution in [2.24, 2.45) is 11.8 Å². The number of hydrogen-bond donors (Lipinski definition) is 0. The van der Waals surface area contributed by atoms with Crippen LogP contribution in [0.4, 0.5) is 0 Å². The highest BCUT2D eigenvalue weighted by Crippen LogP contribution is 2.52. The van der Waals surface area contributed by atoms with Crippen LogP contribution >= 0.6 is 0 Å². The van der Waals surface area contributed by atoms with Crippen molar-refractivity contribution in [1.82, 2.24) is 9.80 Å². The summed E-state index contributed by atoms with van der Waals surface area (Å²) in [4.78, 5) is 29.9. The lowest BCUT2D eigenvalue weighted by Crippen LogP contribution is -2.44. The molecule has 2 saturated heterocycles. The van der Waals surface area contributed by atoms with Crippen LogP contribution in [0.2, 0.25) is 0 Å². The van der Waals surface area contributed by atoms with Crippen LogP contribution in [0.15, 0.2) is 54.6 Å². The third-order valence-corrected chi connectivity index (χ3v) is 6.32. The molecule has 4 nitrogen and oxygen atoms in total. The van der Waals surface area contributed by atoms with Gasteiger partial charge in [-0.15, -0.1) is 6.42 Å². The minimum absolute atomic E-state index is 0.0364. The van der Waals surface area contributed by atoms with Crippen LogP contribution in [0.25, 0.3) is 0 Å². The van der Waals surface area contributed by atoms with Gasteiger partial charge in [-0.2, -0.15) is 0 Å². The molecule has 2 amide bonds. The normalized spacial score (nSPS) is 29.2. The van der Waals surface area contributed by atoms with Crippen LogP contribution in [0, 0.1) is 24.2 Å². The number of rotatable bonds is 2. The molecule has 0 unspecified atom stereocenters. The molecule has 2 fully saturated rings. The molecule has 5 rings (SSSR count). The van der Waals surface area contributed by atoms with Crippen molar-refractivity contribution >= 4 is 11.8 Å². The van der Waals surface area contributed by atoms with Gasteiger partial charge in [0.1, 0.15) is 0 Å². The molecule has 134 valence electrons. The van der Waals surface area contributed by atoms with Crippen LogP contribution in [0.3, 0.4) is 0 Å². The monoisotopic (exact) mass is 356 g/mol. The predicted molar refractivity (Wildman–Crippen MR) is 101 cm³/mol. The number of nitrogens with zero attached hydrogens (tertiary/aromatic N) is 2. The van der Waals surface area contributed by atoms with Gasteiger partial charge in [-0.25, -0.2) is 0 Å². The maximum Gasteiger partial charge on any atom is 0.235 e. The Morgan fingerprint density at radius 3 is 2.33 bits per heavy atom. The first-order valence-electron chi connectivity index (χ1n) is 9.37. The standard InChI is InChI=1S/C23H20N2O2/c1-2-12-24-22(26)19-18-13-16-10-6-7-11-17(16)14-25(18)21(20(19)23(24)27)15-8-4-3-5-9-15/h1,3-11,18-21H,12-14H2/t18-,19+,20+,21-/m1/s1. The molecule has 4 heteroatoms. The van der Waals surface area contributed by atoms with E-state index in [0.29, 0.717) is 0 Å². The van der Waals surface area contributed by atoms with Gasteiger partial charge < -0.3 is 0 Å². The minimum Gasteiger partial charge on any atom is -0.287 e. The summed E-state index contributed by atoms with van der Waals surface area (Å²) in [5.74, 6) is 1.59. The Balaban J connectivity index is 1.63. The second-order valence-electron chi connectivity index (χ2n) is 7.59. The second kappa shape index (κ2) is 6.07. The lowest BCUT2D eigenvalue weighted by Gasteiger charge is -2.37. The average Bonchev–Trinajstić information content (AvgIpc) is 3.15. The fraction of sp³-hybridized carbons (Fsp3) is 0.304. The van der Waals surface area contributed by atoms with Crippen LogP contribution in [-0.2, 0) is 22.6 Å². The molecule has 2 aromatic carbocycles. The Hall–Kier alpha value is -2.90. The van der Waals surface area contributed by atoms with Crippen molar-refractivity contribution in [3.8, 4) is 12.3 Å². The zero-order valence-corrected chi connectivity index (χ0v) is 14.9. The molecule has 3 aliphatic heterocycles. The van der Waals surface area contributed by atoms with Gasteiger partial charge in [0.2, 0.25) is 11.8 Å². The second-order valence-corrected chi connectivity index (χ2v) is 7.59. The summed E-state index contributed by atoms with van der Waals surface area (Å²) in [5, 5.41) is 0. The summed E-state index contributed by atoms with van der Waals surface area (Å²) in [6.45, 7) is 0.832. The number of imide groups is 1. The van der Waals surface area contributed by atoms with Gasteiger partial charge in [-0.05, 0) is 23.1 Å². The molecule has 3 aliphatic rings. The van der Waals surface area contributed by atoms with E-state index in [4.69, 9.17) is 6.42 Å². The van der Waals surface area contributed by atoms with Crippen LogP contribution in [-0.4, -0.2) is 34.2 Å². The fourth-order valence-corrected chi connectivity index (χ4v) is 5.22. The van der Waals surface area contributed by atoms with Gasteiger partial charge in [0, 0.05) is 18.6 Å². The molecule has 2 aromatic rings. The van der Waals surface area contributed by atoms with Crippen molar-refractivity contribution in [3.63, 3.8) is 0 Å². The number of amides is 2. The summed E-state index contributed by atoms with van der Waals surface area (Å²) in [5.41, 5.74) is 3.66. The van der Waals surface area contributed by atoms with E-state index < -0.39 is 0 Å². The van der Waals surface area contributed by atoms with E-state index in [1.807, 2.05) is 24.3 Å². The fourth-order valence-electron chi connectivity index (χ4n) is 5.22. The summed E-state index contributed by atoms with van der Waals surface area (Å²) >= 11 is 0. The van der Waals surface area contributed by atoms with Gasteiger partial charge in [-0.3, -0.25) is 19.4 Å². The molecular weight excluding hydrogens is 336 g/mol. The van der Waals surface area contributed by atoms with Gasteiger partial charge >= 0.3 is 0 Å². The largest absolute Gasteiger partial charge is 0.287 e. The van der Waals surface area contributed by atoms with Crippen LogP contribution < -0.4 is 0 Å². The lowest BCUT2D eigenvalue weighted by molar-refractivity contribution is -0.141. The van der Waals surface area contributed by atoms with Crippen molar-refractivity contribution in [2.75, 3.05) is 6.54 Å². The van der Waals surface area contributed by atoms with Crippen molar-refractivity contribution < 1.29 is 9.59 Å². The van der Waals surface area contributed by atoms with Crippen LogP contribution in [0.1, 0.15) is 22.7 Å². The van der Waals surface area contributed by atoms with E-state index in [-0.39, 0.29) is 42.3 Å². The Labute approximate surface area is 158 Å². The van der Waals surface area contributed by atoms with E-state index >= 15 is 0 Å². The minimum atomic E-state index is -0.354. The van der Waals surface area contributed by atoms with Crippen LogP contribution in [0.5, 0.6) is 0 Å². The van der Waals surface area contributed by atoms with E-state index in [2.05, 4.69) is 41.2 Å². The zero-order valence-electron chi connectivity index (χ0n) is 14.9. The number of fused-ring (bicyclic) bond motifs is 4. The van der Waals surface area contributed by atoms with E-state index in [1.54, 1.807) is 0 Å². The summed E-state index contributed by atoms with van der Waals surface area (Å²) in [6, 6.07) is 18.4. The van der Waals surface area contributed by atoms with Gasteiger partial charge in [0.15, 0.2) is 0 Å². The van der Waals surface area contributed by atoms with Gasteiger partial charge in [0.25, 0.3) is 0 Å². The maximum atomic E-state index is 13.2. The summed E-state index contributed by atoms with van der Waals surface area (Å²) < 4.78 is 0. The Morgan fingerprint density at radius 1 is 0.926 bits per heavy atom. The predicted octanol–water partition coefficient (Wildman–Crippen LogP) is 2.40. The van der Waals surface area contributed by atoms with Crippen molar-refractivity contribution in [2.45, 2.75) is 25.0 Å². The number of benzene rings is 2. The highest BCUT2D eigenvalue weighted by molar-refractivity contribution is 6.06. The van der Waals surface area contributed by atoms with Crippen molar-refractivity contribution in [3.05, 3.63) is 71.3 Å². The molecular formula is C23H20N2O2. The highest BCUT2D eigenvalue weighted by Gasteiger charge is 2.62. The molecule has 0 aromatic heterocycles. The van der Waals surface area contributed by atoms with E-state index in [0.717, 1.165) is 18.5 Å². The van der Waals surface area contributed by atoms with E-state index in [9.17, 15) is 9.59 Å². The molecule has 0 spiro atoms. The number of hydrogen-bond acceptors (Lipinski definition) is 3. The number of terminal acetylenes is 1. The Bertz CT molecular complexity index is 962. The molecule has 0 bridgehead atoms. The first-order valence-corrected chi connectivity index (χ1v) is 9.37. The summed E-state index contributed by atoms with van der Waals surface area (Å²) in [7, 11) is 0. The topological polar surface area (TPSA) is 40.6 Å². The number of carbonyl (C=O) groups is 2. The van der Waals surface area contributed by atoms with Gasteiger partial charge in [0.05, 0.1) is 18.4 Å². The molecule has 0 saturated carbocycles. The first-order chi connectivity index (χ1) is 13.2. The Morgan fingerprint density at radius 2 is 1.59 bits per heavy atom. The molecule has 0 N–H and O–H groups in total. The first kappa shape index (κ1) is 16.3. The molecule has 3 heterocycles. The molecule has 4 atom stereocenters. The smallest absolute Gasteiger partial charge is 0.235 e.